The number of carbonyl (C=O) groups excluding carboxylic acids is 1. The topological polar surface area (TPSA) is 80.5 Å². The minimum atomic E-state index is -3.78. The number of halogens is 2. The Morgan fingerprint density at radius 2 is 1.86 bits per heavy atom. The van der Waals surface area contributed by atoms with Gasteiger partial charge in [0.15, 0.2) is 5.78 Å². The van der Waals surface area contributed by atoms with E-state index in [0.717, 1.165) is 12.1 Å². The molecule has 4 rings (SSSR count). The fraction of sp³-hybridized carbons (Fsp3) is 0.385. The zero-order chi connectivity index (χ0) is 25.3. The molecule has 186 valence electrons. The van der Waals surface area contributed by atoms with Gasteiger partial charge in [-0.05, 0) is 55.9 Å². The molecule has 1 fully saturated rings. The molecule has 1 saturated heterocycles. The van der Waals surface area contributed by atoms with Crippen LogP contribution in [0.5, 0.6) is 0 Å². The lowest BCUT2D eigenvalue weighted by molar-refractivity contribution is 0.0966. The normalized spacial score (nSPS) is 21.1. The van der Waals surface area contributed by atoms with Crippen molar-refractivity contribution in [3.8, 4) is 0 Å². The minimum Gasteiger partial charge on any atom is -0.361 e. The van der Waals surface area contributed by atoms with Crippen LogP contribution in [0.2, 0.25) is 0 Å². The van der Waals surface area contributed by atoms with Crippen molar-refractivity contribution in [3.63, 3.8) is 0 Å². The van der Waals surface area contributed by atoms with Gasteiger partial charge in [0.2, 0.25) is 10.0 Å². The van der Waals surface area contributed by atoms with Crippen LogP contribution in [0.3, 0.4) is 0 Å². The van der Waals surface area contributed by atoms with E-state index in [9.17, 15) is 13.2 Å². The minimum absolute atomic E-state index is 0.0407. The molecule has 0 bridgehead atoms. The van der Waals surface area contributed by atoms with Gasteiger partial charge in [-0.1, -0.05) is 42.4 Å². The average Bonchev–Trinajstić information content (AvgIpc) is 3.25. The summed E-state index contributed by atoms with van der Waals surface area (Å²) in [7, 11) is -3.78. The van der Waals surface area contributed by atoms with Crippen LogP contribution >= 0.6 is 0 Å². The molecule has 6 nitrogen and oxygen atoms in total. The number of benzene rings is 2. The Kier molecular flexibility index (Phi) is 7.19. The number of hydrogen-bond donors (Lipinski definition) is 0. The quantitative estimate of drug-likeness (QED) is 0.388. The number of hydrogen-bond acceptors (Lipinski definition) is 5. The molecule has 1 aromatic heterocycles. The number of sulfonamides is 1. The largest absolute Gasteiger partial charge is 0.361 e. The molecule has 0 aliphatic carbocycles. The van der Waals surface area contributed by atoms with Crippen molar-refractivity contribution < 1.29 is 26.5 Å². The van der Waals surface area contributed by atoms with Crippen molar-refractivity contribution in [3.05, 3.63) is 88.3 Å². The van der Waals surface area contributed by atoms with Crippen LogP contribution in [-0.2, 0) is 16.6 Å². The Balaban J connectivity index is 1.55. The van der Waals surface area contributed by atoms with Gasteiger partial charge in [-0.15, -0.1) is 0 Å². The summed E-state index contributed by atoms with van der Waals surface area (Å²) in [5.41, 5.74) is 0.842. The number of rotatable bonds is 7. The summed E-state index contributed by atoms with van der Waals surface area (Å²) in [4.78, 5) is 12.4. The van der Waals surface area contributed by atoms with E-state index < -0.39 is 32.8 Å². The van der Waals surface area contributed by atoms with E-state index in [1.54, 1.807) is 45.0 Å². The Morgan fingerprint density at radius 3 is 2.51 bits per heavy atom. The van der Waals surface area contributed by atoms with Crippen LogP contribution in [0, 0.1) is 18.6 Å². The first-order valence-corrected chi connectivity index (χ1v) is 13.1. The first-order valence-electron chi connectivity index (χ1n) is 11.6. The summed E-state index contributed by atoms with van der Waals surface area (Å²) in [6, 6.07) is 12.2. The van der Waals surface area contributed by atoms with E-state index in [0.29, 0.717) is 24.2 Å². The Hall–Kier alpha value is -2.91. The SMILES string of the molecule is Cc1cc(C(=O)CC(C)c2cc(F)c(CN3[C@H](C)CC[C@@H](c4ccccc4)S3(=O)=O)cc2F)no1. The monoisotopic (exact) mass is 502 g/mol. The van der Waals surface area contributed by atoms with Gasteiger partial charge < -0.3 is 4.52 Å². The maximum atomic E-state index is 15.1. The van der Waals surface area contributed by atoms with Gasteiger partial charge in [0.25, 0.3) is 0 Å². The summed E-state index contributed by atoms with van der Waals surface area (Å²) in [6.45, 7) is 4.80. The van der Waals surface area contributed by atoms with E-state index in [4.69, 9.17) is 4.52 Å². The summed E-state index contributed by atoms with van der Waals surface area (Å²) in [6.07, 6.45) is 1.01. The van der Waals surface area contributed by atoms with Crippen LogP contribution in [0.1, 0.15) is 77.2 Å². The number of carbonyl (C=O) groups is 1. The second-order valence-electron chi connectivity index (χ2n) is 9.23. The first kappa shape index (κ1) is 25.2. The molecule has 0 amide bonds. The van der Waals surface area contributed by atoms with Crippen molar-refractivity contribution in [2.75, 3.05) is 0 Å². The van der Waals surface area contributed by atoms with Gasteiger partial charge in [-0.25, -0.2) is 17.2 Å². The number of aromatic nitrogens is 1. The highest BCUT2D eigenvalue weighted by atomic mass is 32.2. The maximum absolute atomic E-state index is 15.1. The zero-order valence-corrected chi connectivity index (χ0v) is 20.7. The Morgan fingerprint density at radius 1 is 1.14 bits per heavy atom. The molecule has 1 unspecified atom stereocenters. The van der Waals surface area contributed by atoms with Crippen LogP contribution in [0.25, 0.3) is 0 Å². The molecule has 0 N–H and O–H groups in total. The van der Waals surface area contributed by atoms with Crippen LogP contribution < -0.4 is 0 Å². The Labute approximate surface area is 204 Å². The average molecular weight is 503 g/mol. The number of aryl methyl sites for hydroxylation is 1. The second kappa shape index (κ2) is 9.99. The predicted octanol–water partition coefficient (Wildman–Crippen LogP) is 5.69. The van der Waals surface area contributed by atoms with Crippen molar-refractivity contribution in [1.82, 2.24) is 9.46 Å². The highest BCUT2D eigenvalue weighted by Gasteiger charge is 2.40. The number of ketones is 1. The highest BCUT2D eigenvalue weighted by Crippen LogP contribution is 2.38. The standard InChI is InChI=1S/C26H28F2N2O4S/c1-16(11-25(31)24-12-18(3)34-29-24)21-14-22(27)20(13-23(21)28)15-30-17(2)9-10-26(35(30,32)33)19-7-5-4-6-8-19/h4-8,12-14,16-17,26H,9-11,15H2,1-3H3/t16?,17-,26+/m1/s1. The molecule has 3 atom stereocenters. The lowest BCUT2D eigenvalue weighted by Gasteiger charge is -2.37. The van der Waals surface area contributed by atoms with Crippen molar-refractivity contribution >= 4 is 15.8 Å². The molecule has 9 heteroatoms. The predicted molar refractivity (Wildman–Crippen MR) is 127 cm³/mol. The third-order valence-corrected chi connectivity index (χ3v) is 8.99. The van der Waals surface area contributed by atoms with E-state index in [1.807, 2.05) is 6.07 Å². The third-order valence-electron chi connectivity index (χ3n) is 6.62. The van der Waals surface area contributed by atoms with Crippen molar-refractivity contribution in [2.45, 2.75) is 63.8 Å². The molecule has 35 heavy (non-hydrogen) atoms. The molecule has 3 aromatic rings. The zero-order valence-electron chi connectivity index (χ0n) is 19.9. The maximum Gasteiger partial charge on any atom is 0.221 e. The number of nitrogens with zero attached hydrogens (tertiary/aromatic N) is 2. The van der Waals surface area contributed by atoms with E-state index >= 15 is 8.78 Å². The Bertz CT molecular complexity index is 1320. The molecule has 1 aliphatic heterocycles. The highest BCUT2D eigenvalue weighted by molar-refractivity contribution is 7.89. The van der Waals surface area contributed by atoms with E-state index in [-0.39, 0.29) is 41.6 Å². The molecule has 2 aromatic carbocycles. The molecular weight excluding hydrogens is 474 g/mol. The third kappa shape index (κ3) is 5.21. The van der Waals surface area contributed by atoms with Gasteiger partial charge in [0.1, 0.15) is 28.3 Å². The van der Waals surface area contributed by atoms with Crippen LogP contribution in [-0.4, -0.2) is 29.7 Å². The second-order valence-corrected chi connectivity index (χ2v) is 11.3. The summed E-state index contributed by atoms with van der Waals surface area (Å²) in [5.74, 6) is -1.84. The molecule has 0 radical (unpaired) electrons. The van der Waals surface area contributed by atoms with E-state index in [1.165, 1.54) is 10.4 Å². The molecule has 0 spiro atoms. The molecule has 2 heterocycles. The number of Topliss-reactive ketones (excluding diaryl/α,β-unsaturated/α-hetero) is 1. The molecule has 1 aliphatic rings. The molecule has 0 saturated carbocycles. The molecular formula is C26H28F2N2O4S. The summed E-state index contributed by atoms with van der Waals surface area (Å²) >= 11 is 0. The summed E-state index contributed by atoms with van der Waals surface area (Å²) in [5, 5.41) is 2.95. The fourth-order valence-electron chi connectivity index (χ4n) is 4.61. The van der Waals surface area contributed by atoms with Crippen molar-refractivity contribution in [1.29, 1.82) is 0 Å². The van der Waals surface area contributed by atoms with E-state index in [2.05, 4.69) is 5.16 Å². The van der Waals surface area contributed by atoms with Gasteiger partial charge >= 0.3 is 0 Å². The van der Waals surface area contributed by atoms with Gasteiger partial charge in [-0.3, -0.25) is 4.79 Å². The lowest BCUT2D eigenvalue weighted by Crippen LogP contribution is -2.44. The fourth-order valence-corrected chi connectivity index (χ4v) is 6.80. The van der Waals surface area contributed by atoms with Crippen LogP contribution in [0.15, 0.2) is 53.1 Å². The summed E-state index contributed by atoms with van der Waals surface area (Å²) < 4.78 is 63.2. The van der Waals surface area contributed by atoms with Crippen LogP contribution in [0.4, 0.5) is 8.78 Å². The lowest BCUT2D eigenvalue weighted by atomic mass is 9.93. The smallest absolute Gasteiger partial charge is 0.221 e. The van der Waals surface area contributed by atoms with Crippen molar-refractivity contribution in [2.24, 2.45) is 0 Å². The van der Waals surface area contributed by atoms with Gasteiger partial charge in [0.05, 0.1) is 0 Å². The van der Waals surface area contributed by atoms with Gasteiger partial charge in [0, 0.05) is 30.6 Å². The first-order chi connectivity index (χ1) is 16.6. The van der Waals surface area contributed by atoms with Gasteiger partial charge in [-0.2, -0.15) is 4.31 Å².